The van der Waals surface area contributed by atoms with E-state index in [4.69, 9.17) is 9.47 Å². The molecule has 2 heteroatoms. The molecule has 0 unspecified atom stereocenters. The van der Waals surface area contributed by atoms with Crippen molar-refractivity contribution in [3.8, 4) is 5.75 Å². The van der Waals surface area contributed by atoms with E-state index in [-0.39, 0.29) is 6.29 Å². The van der Waals surface area contributed by atoms with Gasteiger partial charge in [-0.15, -0.1) is 0 Å². The first-order valence-corrected chi connectivity index (χ1v) is 7.35. The predicted octanol–water partition coefficient (Wildman–Crippen LogP) is 3.96. The van der Waals surface area contributed by atoms with Gasteiger partial charge in [0.15, 0.2) is 0 Å². The fraction of sp³-hybridized carbons (Fsp3) is 0.333. The maximum atomic E-state index is 6.07. The first-order valence-electron chi connectivity index (χ1n) is 7.35. The molecule has 0 bridgehead atoms. The van der Waals surface area contributed by atoms with Gasteiger partial charge in [-0.2, -0.15) is 0 Å². The molecule has 102 valence electrons. The van der Waals surface area contributed by atoms with Crippen LogP contribution in [0.2, 0.25) is 0 Å². The molecule has 0 amide bonds. The molecule has 1 saturated heterocycles. The SMILES string of the molecule is c1ccc([C@H]2c3ccccc3O[C@H]3OCCC[C@H]32)cc1. The molecule has 2 heterocycles. The van der Waals surface area contributed by atoms with Crippen molar-refractivity contribution in [2.75, 3.05) is 6.61 Å². The van der Waals surface area contributed by atoms with Crippen molar-refractivity contribution in [1.82, 2.24) is 0 Å². The van der Waals surface area contributed by atoms with E-state index in [1.54, 1.807) is 0 Å². The Hall–Kier alpha value is -1.80. The number of rotatable bonds is 1. The highest BCUT2D eigenvalue weighted by Gasteiger charge is 2.41. The second kappa shape index (κ2) is 4.95. The van der Waals surface area contributed by atoms with Crippen LogP contribution in [0.4, 0.5) is 0 Å². The Labute approximate surface area is 119 Å². The summed E-state index contributed by atoms with van der Waals surface area (Å²) in [7, 11) is 0. The lowest BCUT2D eigenvalue weighted by Crippen LogP contribution is -2.41. The van der Waals surface area contributed by atoms with Crippen molar-refractivity contribution >= 4 is 0 Å². The number of hydrogen-bond donors (Lipinski definition) is 0. The van der Waals surface area contributed by atoms with E-state index in [9.17, 15) is 0 Å². The van der Waals surface area contributed by atoms with Gasteiger partial charge in [0.1, 0.15) is 5.75 Å². The molecule has 2 aliphatic rings. The van der Waals surface area contributed by atoms with Crippen LogP contribution >= 0.6 is 0 Å². The van der Waals surface area contributed by atoms with Crippen molar-refractivity contribution in [3.63, 3.8) is 0 Å². The Morgan fingerprint density at radius 2 is 1.70 bits per heavy atom. The largest absolute Gasteiger partial charge is 0.464 e. The molecular formula is C18H18O2. The minimum absolute atomic E-state index is 0.0937. The normalized spacial score (nSPS) is 28.1. The van der Waals surface area contributed by atoms with Crippen LogP contribution in [0.3, 0.4) is 0 Å². The van der Waals surface area contributed by atoms with Crippen molar-refractivity contribution in [2.45, 2.75) is 25.0 Å². The highest BCUT2D eigenvalue weighted by Crippen LogP contribution is 2.47. The summed E-state index contributed by atoms with van der Waals surface area (Å²) in [5.74, 6) is 1.78. The minimum Gasteiger partial charge on any atom is -0.464 e. The summed E-state index contributed by atoms with van der Waals surface area (Å²) >= 11 is 0. The molecule has 2 aliphatic heterocycles. The second-order valence-corrected chi connectivity index (χ2v) is 5.59. The van der Waals surface area contributed by atoms with Crippen LogP contribution in [0.5, 0.6) is 5.75 Å². The van der Waals surface area contributed by atoms with E-state index in [0.29, 0.717) is 11.8 Å². The maximum absolute atomic E-state index is 6.07. The van der Waals surface area contributed by atoms with Crippen LogP contribution in [-0.2, 0) is 4.74 Å². The summed E-state index contributed by atoms with van der Waals surface area (Å²) in [6.45, 7) is 0.810. The van der Waals surface area contributed by atoms with Crippen molar-refractivity contribution in [2.24, 2.45) is 5.92 Å². The molecule has 0 N–H and O–H groups in total. The number of benzene rings is 2. The smallest absolute Gasteiger partial charge is 0.203 e. The first-order chi connectivity index (χ1) is 9.93. The van der Waals surface area contributed by atoms with E-state index in [0.717, 1.165) is 18.8 Å². The zero-order chi connectivity index (χ0) is 13.4. The topological polar surface area (TPSA) is 18.5 Å². The van der Waals surface area contributed by atoms with Gasteiger partial charge >= 0.3 is 0 Å². The van der Waals surface area contributed by atoms with Gasteiger partial charge in [0.25, 0.3) is 0 Å². The summed E-state index contributed by atoms with van der Waals surface area (Å²) in [4.78, 5) is 0. The van der Waals surface area contributed by atoms with Crippen molar-refractivity contribution < 1.29 is 9.47 Å². The maximum Gasteiger partial charge on any atom is 0.203 e. The molecule has 2 aromatic carbocycles. The fourth-order valence-corrected chi connectivity index (χ4v) is 3.51. The Morgan fingerprint density at radius 1 is 0.900 bits per heavy atom. The lowest BCUT2D eigenvalue weighted by atomic mass is 9.75. The Morgan fingerprint density at radius 3 is 2.60 bits per heavy atom. The zero-order valence-electron chi connectivity index (χ0n) is 11.4. The molecule has 2 nitrogen and oxygen atoms in total. The van der Waals surface area contributed by atoms with Gasteiger partial charge in [0.2, 0.25) is 6.29 Å². The fourth-order valence-electron chi connectivity index (χ4n) is 3.51. The first kappa shape index (κ1) is 12.0. The van der Waals surface area contributed by atoms with Crippen LogP contribution in [0.25, 0.3) is 0 Å². The standard InChI is InChI=1S/C18H18O2/c1-2-7-13(8-3-1)17-14-9-4-5-11-16(14)20-18-15(17)10-6-12-19-18/h1-5,7-9,11,15,17-18H,6,10,12H2/t15-,17-,18+/m0/s1. The van der Waals surface area contributed by atoms with Crippen LogP contribution in [0.15, 0.2) is 54.6 Å². The highest BCUT2D eigenvalue weighted by molar-refractivity contribution is 5.44. The average molecular weight is 266 g/mol. The van der Waals surface area contributed by atoms with Crippen molar-refractivity contribution in [1.29, 1.82) is 0 Å². The number of para-hydroxylation sites is 1. The van der Waals surface area contributed by atoms with Gasteiger partial charge in [-0.3, -0.25) is 0 Å². The van der Waals surface area contributed by atoms with E-state index in [1.165, 1.54) is 17.5 Å². The Kier molecular flexibility index (Phi) is 2.96. The summed E-state index contributed by atoms with van der Waals surface area (Å²) in [5.41, 5.74) is 2.66. The molecule has 0 spiro atoms. The summed E-state index contributed by atoms with van der Waals surface area (Å²) in [6.07, 6.45) is 2.19. The molecule has 2 aromatic rings. The third-order valence-electron chi connectivity index (χ3n) is 4.40. The second-order valence-electron chi connectivity index (χ2n) is 5.59. The summed E-state index contributed by atoms with van der Waals surface area (Å²) < 4.78 is 11.9. The molecule has 1 fully saturated rings. The Balaban J connectivity index is 1.84. The van der Waals surface area contributed by atoms with Crippen LogP contribution in [0.1, 0.15) is 29.9 Å². The van der Waals surface area contributed by atoms with Crippen LogP contribution in [-0.4, -0.2) is 12.9 Å². The van der Waals surface area contributed by atoms with E-state index >= 15 is 0 Å². The predicted molar refractivity (Wildman–Crippen MR) is 77.8 cm³/mol. The summed E-state index contributed by atoms with van der Waals surface area (Å²) in [5, 5.41) is 0. The van der Waals surface area contributed by atoms with Crippen LogP contribution in [0, 0.1) is 5.92 Å². The third-order valence-corrected chi connectivity index (χ3v) is 4.40. The minimum atomic E-state index is -0.0937. The zero-order valence-corrected chi connectivity index (χ0v) is 11.4. The van der Waals surface area contributed by atoms with Gasteiger partial charge in [-0.05, 0) is 24.5 Å². The third kappa shape index (κ3) is 1.92. The highest BCUT2D eigenvalue weighted by atomic mass is 16.7. The molecule has 0 saturated carbocycles. The number of fused-ring (bicyclic) bond motifs is 2. The molecule has 4 rings (SSSR count). The molecule has 0 radical (unpaired) electrons. The van der Waals surface area contributed by atoms with E-state index in [2.05, 4.69) is 48.5 Å². The quantitative estimate of drug-likeness (QED) is 0.777. The molecule has 20 heavy (non-hydrogen) atoms. The molecule has 0 aliphatic carbocycles. The van der Waals surface area contributed by atoms with Gasteiger partial charge in [-0.25, -0.2) is 0 Å². The lowest BCUT2D eigenvalue weighted by molar-refractivity contribution is -0.153. The van der Waals surface area contributed by atoms with Crippen molar-refractivity contribution in [3.05, 3.63) is 65.7 Å². The van der Waals surface area contributed by atoms with Gasteiger partial charge in [0.05, 0.1) is 6.61 Å². The molecule has 3 atom stereocenters. The van der Waals surface area contributed by atoms with E-state index < -0.39 is 0 Å². The average Bonchev–Trinajstić information content (AvgIpc) is 2.53. The lowest BCUT2D eigenvalue weighted by Gasteiger charge is -2.42. The molecular weight excluding hydrogens is 248 g/mol. The number of ether oxygens (including phenoxy) is 2. The molecule has 0 aromatic heterocycles. The monoisotopic (exact) mass is 266 g/mol. The number of hydrogen-bond acceptors (Lipinski definition) is 2. The van der Waals surface area contributed by atoms with Gasteiger partial charge in [-0.1, -0.05) is 48.5 Å². The Bertz CT molecular complexity index is 593. The summed E-state index contributed by atoms with van der Waals surface area (Å²) in [6, 6.07) is 19.1. The van der Waals surface area contributed by atoms with E-state index in [1.807, 2.05) is 6.07 Å². The van der Waals surface area contributed by atoms with Crippen LogP contribution < -0.4 is 4.74 Å². The van der Waals surface area contributed by atoms with Gasteiger partial charge in [0, 0.05) is 17.4 Å². The van der Waals surface area contributed by atoms with Gasteiger partial charge < -0.3 is 9.47 Å².